The number of nitrogens with zero attached hydrogens (tertiary/aromatic N) is 3. The van der Waals surface area contributed by atoms with E-state index in [0.717, 1.165) is 44.5 Å². The minimum atomic E-state index is -0.304. The number of hydrogen-bond acceptors (Lipinski definition) is 6. The van der Waals surface area contributed by atoms with Crippen LogP contribution in [-0.2, 0) is 9.53 Å². The highest BCUT2D eigenvalue weighted by Crippen LogP contribution is 2.34. The molecule has 0 aromatic carbocycles. The number of amides is 1. The number of anilines is 1. The zero-order chi connectivity index (χ0) is 17.2. The minimum absolute atomic E-state index is 0.0764. The van der Waals surface area contributed by atoms with Crippen LogP contribution in [-0.4, -0.2) is 53.8 Å². The normalized spacial score (nSPS) is 29.5. The fourth-order valence-electron chi connectivity index (χ4n) is 4.37. The number of ether oxygens (including phenoxy) is 2. The van der Waals surface area contributed by atoms with E-state index in [1.54, 1.807) is 7.11 Å². The van der Waals surface area contributed by atoms with Crippen LogP contribution >= 0.6 is 0 Å². The summed E-state index contributed by atoms with van der Waals surface area (Å²) in [5.74, 6) is 1.52. The lowest BCUT2D eigenvalue weighted by Gasteiger charge is -2.36. The highest BCUT2D eigenvalue weighted by Gasteiger charge is 2.42. The SMILES string of the molecule is COc1cc(N2CC[C@H]3O[C@H](C(=O)NC4CCCC4)CC[C@H]32)ncn1. The summed E-state index contributed by atoms with van der Waals surface area (Å²) in [6, 6.07) is 2.49. The Labute approximate surface area is 148 Å². The van der Waals surface area contributed by atoms with Crippen molar-refractivity contribution < 1.29 is 14.3 Å². The molecule has 3 atom stereocenters. The molecule has 0 bridgehead atoms. The molecule has 1 aromatic heterocycles. The maximum absolute atomic E-state index is 12.5. The number of carbonyl (C=O) groups excluding carboxylic acids is 1. The van der Waals surface area contributed by atoms with E-state index >= 15 is 0 Å². The second kappa shape index (κ2) is 7.15. The Bertz CT molecular complexity index is 620. The van der Waals surface area contributed by atoms with Crippen LogP contribution < -0.4 is 15.0 Å². The van der Waals surface area contributed by atoms with E-state index in [1.807, 2.05) is 6.07 Å². The molecule has 3 aliphatic rings. The highest BCUT2D eigenvalue weighted by molar-refractivity contribution is 5.81. The van der Waals surface area contributed by atoms with Gasteiger partial charge in [-0.3, -0.25) is 4.79 Å². The fraction of sp³-hybridized carbons (Fsp3) is 0.722. The van der Waals surface area contributed by atoms with Crippen LogP contribution in [0.5, 0.6) is 5.88 Å². The van der Waals surface area contributed by atoms with Crippen molar-refractivity contribution in [2.75, 3.05) is 18.6 Å². The molecule has 3 heterocycles. The number of carbonyl (C=O) groups is 1. The molecule has 7 heteroatoms. The van der Waals surface area contributed by atoms with Crippen LogP contribution in [0.15, 0.2) is 12.4 Å². The van der Waals surface area contributed by atoms with E-state index in [9.17, 15) is 4.79 Å². The van der Waals surface area contributed by atoms with Crippen molar-refractivity contribution >= 4 is 11.7 Å². The van der Waals surface area contributed by atoms with Gasteiger partial charge in [0.15, 0.2) is 0 Å². The van der Waals surface area contributed by atoms with Gasteiger partial charge in [0.1, 0.15) is 18.2 Å². The molecule has 2 saturated heterocycles. The van der Waals surface area contributed by atoms with Crippen LogP contribution in [0.1, 0.15) is 44.9 Å². The van der Waals surface area contributed by atoms with Gasteiger partial charge in [-0.05, 0) is 32.1 Å². The number of fused-ring (bicyclic) bond motifs is 1. The smallest absolute Gasteiger partial charge is 0.249 e. The lowest BCUT2D eigenvalue weighted by molar-refractivity contribution is -0.142. The molecule has 3 fully saturated rings. The summed E-state index contributed by atoms with van der Waals surface area (Å²) < 4.78 is 11.4. The summed E-state index contributed by atoms with van der Waals surface area (Å²) in [5.41, 5.74) is 0. The van der Waals surface area contributed by atoms with Crippen molar-refractivity contribution in [3.05, 3.63) is 12.4 Å². The van der Waals surface area contributed by atoms with Crippen molar-refractivity contribution in [2.24, 2.45) is 0 Å². The molecule has 0 spiro atoms. The van der Waals surface area contributed by atoms with Gasteiger partial charge in [0, 0.05) is 18.7 Å². The zero-order valence-electron chi connectivity index (χ0n) is 14.7. The third kappa shape index (κ3) is 3.42. The summed E-state index contributed by atoms with van der Waals surface area (Å²) in [6.07, 6.45) is 8.60. The Morgan fingerprint density at radius 1 is 1.24 bits per heavy atom. The molecule has 1 aliphatic carbocycles. The standard InChI is InChI=1S/C18H26N4O3/c1-24-17-10-16(19-11-20-17)22-9-8-14-13(22)6-7-15(25-14)18(23)21-12-4-2-3-5-12/h10-15H,2-9H2,1H3,(H,21,23)/t13-,14-,15+/m1/s1. The van der Waals surface area contributed by atoms with E-state index in [4.69, 9.17) is 9.47 Å². The Hall–Kier alpha value is -1.89. The molecule has 2 aliphatic heterocycles. The number of methoxy groups -OCH3 is 1. The molecule has 0 unspecified atom stereocenters. The monoisotopic (exact) mass is 346 g/mol. The van der Waals surface area contributed by atoms with Crippen molar-refractivity contribution in [3.63, 3.8) is 0 Å². The van der Waals surface area contributed by atoms with E-state index < -0.39 is 0 Å². The largest absolute Gasteiger partial charge is 0.481 e. The Morgan fingerprint density at radius 3 is 2.88 bits per heavy atom. The zero-order valence-corrected chi connectivity index (χ0v) is 14.7. The van der Waals surface area contributed by atoms with Crippen LogP contribution in [0.3, 0.4) is 0 Å². The fourth-order valence-corrected chi connectivity index (χ4v) is 4.37. The maximum Gasteiger partial charge on any atom is 0.249 e. The van der Waals surface area contributed by atoms with Gasteiger partial charge in [0.05, 0.1) is 19.3 Å². The second-order valence-electron chi connectivity index (χ2n) is 7.20. The molecule has 0 radical (unpaired) electrons. The molecule has 7 nitrogen and oxygen atoms in total. The van der Waals surface area contributed by atoms with Crippen LogP contribution in [0.25, 0.3) is 0 Å². The van der Waals surface area contributed by atoms with Crippen LogP contribution in [0.4, 0.5) is 5.82 Å². The van der Waals surface area contributed by atoms with Gasteiger partial charge in [-0.1, -0.05) is 12.8 Å². The lowest BCUT2D eigenvalue weighted by Crippen LogP contribution is -2.49. The maximum atomic E-state index is 12.5. The first-order valence-corrected chi connectivity index (χ1v) is 9.33. The molecular formula is C18H26N4O3. The minimum Gasteiger partial charge on any atom is -0.481 e. The van der Waals surface area contributed by atoms with Gasteiger partial charge < -0.3 is 19.7 Å². The molecular weight excluding hydrogens is 320 g/mol. The Balaban J connectivity index is 1.38. The average Bonchev–Trinajstić information content (AvgIpc) is 3.30. The predicted molar refractivity (Wildman–Crippen MR) is 92.6 cm³/mol. The van der Waals surface area contributed by atoms with E-state index in [0.29, 0.717) is 11.9 Å². The number of aromatic nitrogens is 2. The second-order valence-corrected chi connectivity index (χ2v) is 7.20. The van der Waals surface area contributed by atoms with Gasteiger partial charge in [-0.15, -0.1) is 0 Å². The van der Waals surface area contributed by atoms with Gasteiger partial charge in [0.25, 0.3) is 0 Å². The highest BCUT2D eigenvalue weighted by atomic mass is 16.5. The van der Waals surface area contributed by atoms with E-state index in [-0.39, 0.29) is 24.2 Å². The summed E-state index contributed by atoms with van der Waals surface area (Å²) in [6.45, 7) is 0.881. The quantitative estimate of drug-likeness (QED) is 0.894. The first kappa shape index (κ1) is 16.6. The molecule has 136 valence electrons. The van der Waals surface area contributed by atoms with E-state index in [2.05, 4.69) is 20.2 Å². The molecule has 4 rings (SSSR count). The number of rotatable bonds is 4. The van der Waals surface area contributed by atoms with Crippen molar-refractivity contribution in [2.45, 2.75) is 69.2 Å². The molecule has 1 amide bonds. The molecule has 1 aromatic rings. The third-order valence-electron chi connectivity index (χ3n) is 5.67. The van der Waals surface area contributed by atoms with Gasteiger partial charge in [0.2, 0.25) is 11.8 Å². The summed E-state index contributed by atoms with van der Waals surface area (Å²) in [7, 11) is 1.61. The van der Waals surface area contributed by atoms with Crippen molar-refractivity contribution in [3.8, 4) is 5.88 Å². The average molecular weight is 346 g/mol. The molecule has 1 N–H and O–H groups in total. The number of hydrogen-bond donors (Lipinski definition) is 1. The summed E-state index contributed by atoms with van der Waals surface area (Å²) in [5, 5.41) is 3.17. The van der Waals surface area contributed by atoms with Gasteiger partial charge in [-0.2, -0.15) is 0 Å². The number of nitrogens with one attached hydrogen (secondary N) is 1. The van der Waals surface area contributed by atoms with Crippen molar-refractivity contribution in [1.29, 1.82) is 0 Å². The van der Waals surface area contributed by atoms with Gasteiger partial charge in [-0.25, -0.2) is 9.97 Å². The van der Waals surface area contributed by atoms with Gasteiger partial charge >= 0.3 is 0 Å². The molecule has 25 heavy (non-hydrogen) atoms. The third-order valence-corrected chi connectivity index (χ3v) is 5.67. The molecule has 1 saturated carbocycles. The van der Waals surface area contributed by atoms with Crippen LogP contribution in [0, 0.1) is 0 Å². The Morgan fingerprint density at radius 2 is 2.08 bits per heavy atom. The van der Waals surface area contributed by atoms with E-state index in [1.165, 1.54) is 19.2 Å². The summed E-state index contributed by atoms with van der Waals surface area (Å²) >= 11 is 0. The van der Waals surface area contributed by atoms with Crippen molar-refractivity contribution in [1.82, 2.24) is 15.3 Å². The van der Waals surface area contributed by atoms with Crippen LogP contribution in [0.2, 0.25) is 0 Å². The predicted octanol–water partition coefficient (Wildman–Crippen LogP) is 1.67. The summed E-state index contributed by atoms with van der Waals surface area (Å²) in [4.78, 5) is 23.2. The Kier molecular flexibility index (Phi) is 4.74. The topological polar surface area (TPSA) is 76.6 Å². The first-order valence-electron chi connectivity index (χ1n) is 9.33. The lowest BCUT2D eigenvalue weighted by atomic mass is 9.98. The first-order chi connectivity index (χ1) is 12.2.